The molecule has 8 heteroatoms. The lowest BCUT2D eigenvalue weighted by Crippen LogP contribution is -2.16. The van der Waals surface area contributed by atoms with Crippen LogP contribution in [0.2, 0.25) is 0 Å². The van der Waals surface area contributed by atoms with E-state index in [1.807, 2.05) is 0 Å². The van der Waals surface area contributed by atoms with Crippen molar-refractivity contribution < 1.29 is 17.9 Å². The van der Waals surface area contributed by atoms with Crippen molar-refractivity contribution >= 4 is 27.4 Å². The molecule has 0 aliphatic heterocycles. The van der Waals surface area contributed by atoms with Crippen LogP contribution >= 0.6 is 0 Å². The highest BCUT2D eigenvalue weighted by Crippen LogP contribution is 2.21. The van der Waals surface area contributed by atoms with Crippen LogP contribution in [0.15, 0.2) is 23.1 Å². The molecule has 0 heterocycles. The zero-order chi connectivity index (χ0) is 13.1. The van der Waals surface area contributed by atoms with Crippen molar-refractivity contribution in [2.45, 2.75) is 4.90 Å². The molecule has 17 heavy (non-hydrogen) atoms. The van der Waals surface area contributed by atoms with Gasteiger partial charge in [-0.25, -0.2) is 13.6 Å². The Labute approximate surface area is 98.8 Å². The number of sulfonamides is 1. The summed E-state index contributed by atoms with van der Waals surface area (Å²) in [6, 6.07) is 4.10. The van der Waals surface area contributed by atoms with Crippen LogP contribution in [0.3, 0.4) is 0 Å². The van der Waals surface area contributed by atoms with Crippen molar-refractivity contribution in [2.75, 3.05) is 24.7 Å². The molecule has 5 N–H and O–H groups in total. The first-order valence-electron chi connectivity index (χ1n) is 4.57. The minimum Gasteiger partial charge on any atom is -0.468 e. The highest BCUT2D eigenvalue weighted by atomic mass is 32.2. The molecule has 0 aliphatic rings. The topological polar surface area (TPSA) is 125 Å². The van der Waals surface area contributed by atoms with Gasteiger partial charge in [-0.15, -0.1) is 0 Å². The Hall–Kier alpha value is -1.80. The molecule has 0 saturated carbocycles. The van der Waals surface area contributed by atoms with Crippen LogP contribution in [-0.4, -0.2) is 28.0 Å². The van der Waals surface area contributed by atoms with Crippen LogP contribution in [0.25, 0.3) is 0 Å². The first-order valence-corrected chi connectivity index (χ1v) is 6.12. The highest BCUT2D eigenvalue weighted by Gasteiger charge is 2.12. The van der Waals surface area contributed by atoms with E-state index in [2.05, 4.69) is 10.1 Å². The lowest BCUT2D eigenvalue weighted by Gasteiger charge is -2.08. The maximum Gasteiger partial charge on any atom is 0.325 e. The fourth-order valence-electron chi connectivity index (χ4n) is 1.16. The molecule has 0 saturated heterocycles. The van der Waals surface area contributed by atoms with Crippen LogP contribution < -0.4 is 16.2 Å². The Morgan fingerprint density at radius 2 is 2.12 bits per heavy atom. The van der Waals surface area contributed by atoms with Gasteiger partial charge in [0.05, 0.1) is 12.8 Å². The molecular weight excluding hydrogens is 246 g/mol. The van der Waals surface area contributed by atoms with E-state index in [4.69, 9.17) is 10.9 Å². The number of carbonyl (C=O) groups excluding carboxylic acids is 1. The van der Waals surface area contributed by atoms with Crippen molar-refractivity contribution in [3.63, 3.8) is 0 Å². The van der Waals surface area contributed by atoms with Crippen molar-refractivity contribution in [3.8, 4) is 0 Å². The third-order valence-electron chi connectivity index (χ3n) is 1.98. The van der Waals surface area contributed by atoms with E-state index in [0.29, 0.717) is 5.69 Å². The number of anilines is 2. The maximum atomic E-state index is 11.1. The summed E-state index contributed by atoms with van der Waals surface area (Å²) in [4.78, 5) is 10.7. The third kappa shape index (κ3) is 3.61. The first kappa shape index (κ1) is 13.3. The predicted octanol–water partition coefficient (Wildman–Crippen LogP) is -0.499. The van der Waals surface area contributed by atoms with Gasteiger partial charge in [-0.2, -0.15) is 0 Å². The summed E-state index contributed by atoms with van der Waals surface area (Å²) in [6.45, 7) is -0.0370. The van der Waals surface area contributed by atoms with Gasteiger partial charge in [-0.3, -0.25) is 4.79 Å². The smallest absolute Gasteiger partial charge is 0.325 e. The molecule has 7 nitrogen and oxygen atoms in total. The van der Waals surface area contributed by atoms with Gasteiger partial charge in [0.2, 0.25) is 10.0 Å². The first-order chi connectivity index (χ1) is 7.84. The minimum absolute atomic E-state index is 0.0161. The van der Waals surface area contributed by atoms with Crippen LogP contribution in [-0.2, 0) is 19.6 Å². The van der Waals surface area contributed by atoms with Gasteiger partial charge in [0, 0.05) is 5.69 Å². The number of hydrogen-bond acceptors (Lipinski definition) is 6. The zero-order valence-corrected chi connectivity index (χ0v) is 9.95. The summed E-state index contributed by atoms with van der Waals surface area (Å²) < 4.78 is 26.6. The molecule has 0 amide bonds. The fourth-order valence-corrected chi connectivity index (χ4v) is 1.81. The molecular formula is C9H13N3O4S. The number of carbonyl (C=O) groups is 1. The lowest BCUT2D eigenvalue weighted by atomic mass is 10.3. The van der Waals surface area contributed by atoms with Gasteiger partial charge in [-0.1, -0.05) is 0 Å². The third-order valence-corrected chi connectivity index (χ3v) is 2.97. The van der Waals surface area contributed by atoms with E-state index in [1.54, 1.807) is 0 Å². The Kier molecular flexibility index (Phi) is 3.92. The van der Waals surface area contributed by atoms with E-state index in [9.17, 15) is 13.2 Å². The standard InChI is InChI=1S/C9H13N3O4S/c1-16-9(13)5-12-6-2-3-8(7(10)4-6)17(11,14)15/h2-4,12H,5,10H2,1H3,(H2,11,14,15). The number of benzene rings is 1. The molecule has 0 aromatic heterocycles. The molecule has 0 bridgehead atoms. The summed E-state index contributed by atoms with van der Waals surface area (Å²) in [5.74, 6) is -0.445. The molecule has 0 atom stereocenters. The largest absolute Gasteiger partial charge is 0.468 e. The second-order valence-electron chi connectivity index (χ2n) is 3.23. The molecule has 0 fully saturated rings. The summed E-state index contributed by atoms with van der Waals surface area (Å²) in [7, 11) is -2.56. The van der Waals surface area contributed by atoms with Gasteiger partial charge >= 0.3 is 5.97 Å². The van der Waals surface area contributed by atoms with Crippen LogP contribution in [0.1, 0.15) is 0 Å². The number of methoxy groups -OCH3 is 1. The normalized spacial score (nSPS) is 10.9. The van der Waals surface area contributed by atoms with Crippen molar-refractivity contribution in [3.05, 3.63) is 18.2 Å². The summed E-state index contributed by atoms with van der Waals surface area (Å²) in [5.41, 5.74) is 6.05. The van der Waals surface area contributed by atoms with Gasteiger partial charge in [-0.05, 0) is 18.2 Å². The zero-order valence-electron chi connectivity index (χ0n) is 9.14. The molecule has 0 unspecified atom stereocenters. The van der Waals surface area contributed by atoms with Gasteiger partial charge < -0.3 is 15.8 Å². The number of nitrogens with two attached hydrogens (primary N) is 2. The van der Waals surface area contributed by atoms with Crippen LogP contribution in [0.4, 0.5) is 11.4 Å². The summed E-state index contributed by atoms with van der Waals surface area (Å²) >= 11 is 0. The SMILES string of the molecule is COC(=O)CNc1ccc(S(N)(=O)=O)c(N)c1. The lowest BCUT2D eigenvalue weighted by molar-refractivity contribution is -0.138. The number of nitrogen functional groups attached to an aromatic ring is 1. The van der Waals surface area contributed by atoms with Gasteiger partial charge in [0.1, 0.15) is 11.4 Å². The number of primary sulfonamides is 1. The fraction of sp³-hybridized carbons (Fsp3) is 0.222. The Morgan fingerprint density at radius 1 is 1.47 bits per heavy atom. The second-order valence-corrected chi connectivity index (χ2v) is 4.76. The van der Waals surface area contributed by atoms with E-state index >= 15 is 0 Å². The van der Waals surface area contributed by atoms with Crippen LogP contribution in [0, 0.1) is 0 Å². The van der Waals surface area contributed by atoms with E-state index in [0.717, 1.165) is 0 Å². The average Bonchev–Trinajstić information content (AvgIpc) is 2.24. The van der Waals surface area contributed by atoms with Crippen molar-refractivity contribution in [1.82, 2.24) is 0 Å². The van der Waals surface area contributed by atoms with Crippen molar-refractivity contribution in [1.29, 1.82) is 0 Å². The predicted molar refractivity (Wildman–Crippen MR) is 62.7 cm³/mol. The second kappa shape index (κ2) is 5.02. The minimum atomic E-state index is -3.83. The van der Waals surface area contributed by atoms with E-state index in [-0.39, 0.29) is 17.1 Å². The van der Waals surface area contributed by atoms with Crippen molar-refractivity contribution in [2.24, 2.45) is 5.14 Å². The number of ether oxygens (including phenoxy) is 1. The summed E-state index contributed by atoms with van der Waals surface area (Å²) in [5, 5.41) is 7.67. The Balaban J connectivity index is 2.87. The van der Waals surface area contributed by atoms with Gasteiger partial charge in [0.25, 0.3) is 0 Å². The molecule has 1 aromatic carbocycles. The maximum absolute atomic E-state index is 11.1. The van der Waals surface area contributed by atoms with E-state index < -0.39 is 16.0 Å². The number of nitrogens with one attached hydrogen (secondary N) is 1. The molecule has 94 valence electrons. The monoisotopic (exact) mass is 259 g/mol. The Bertz CT molecular complexity index is 527. The summed E-state index contributed by atoms with van der Waals surface area (Å²) in [6.07, 6.45) is 0. The Morgan fingerprint density at radius 3 is 2.59 bits per heavy atom. The van der Waals surface area contributed by atoms with Crippen LogP contribution in [0.5, 0.6) is 0 Å². The molecule has 0 radical (unpaired) electrons. The molecule has 0 spiro atoms. The quantitative estimate of drug-likeness (QED) is 0.494. The molecule has 0 aliphatic carbocycles. The van der Waals surface area contributed by atoms with Gasteiger partial charge in [0.15, 0.2) is 0 Å². The number of rotatable bonds is 4. The molecule has 1 aromatic rings. The number of hydrogen-bond donors (Lipinski definition) is 3. The average molecular weight is 259 g/mol. The highest BCUT2D eigenvalue weighted by molar-refractivity contribution is 7.89. The van der Waals surface area contributed by atoms with E-state index in [1.165, 1.54) is 25.3 Å². The number of esters is 1. The molecule has 1 rings (SSSR count).